The molecule has 0 saturated heterocycles. The average Bonchev–Trinajstić information content (AvgIpc) is 1.90. The number of rotatable bonds is 1. The Kier molecular flexibility index (Phi) is 1.67. The number of aromatic nitrogens is 2. The SMILES string of the molecule is [B]c1cnc(OC)nc1. The lowest BCUT2D eigenvalue weighted by Gasteiger charge is -1.94. The van der Waals surface area contributed by atoms with Gasteiger partial charge < -0.3 is 4.74 Å². The molecule has 0 spiro atoms. The zero-order valence-electron chi connectivity index (χ0n) is 5.03. The molecule has 3 nitrogen and oxygen atoms in total. The van der Waals surface area contributed by atoms with Gasteiger partial charge in [0.1, 0.15) is 7.85 Å². The molecular formula is C5H5BN2O. The molecular weight excluding hydrogens is 115 g/mol. The van der Waals surface area contributed by atoms with Crippen LogP contribution in [0.4, 0.5) is 0 Å². The molecule has 0 amide bonds. The van der Waals surface area contributed by atoms with E-state index in [0.717, 1.165) is 0 Å². The first-order chi connectivity index (χ1) is 4.33. The van der Waals surface area contributed by atoms with Crippen molar-refractivity contribution in [2.24, 2.45) is 0 Å². The van der Waals surface area contributed by atoms with E-state index in [9.17, 15) is 0 Å². The van der Waals surface area contributed by atoms with Gasteiger partial charge in [0.25, 0.3) is 0 Å². The Morgan fingerprint density at radius 3 is 2.44 bits per heavy atom. The molecule has 0 atom stereocenters. The fourth-order valence-corrected chi connectivity index (χ4v) is 0.432. The maximum atomic E-state index is 5.30. The van der Waals surface area contributed by atoms with Crippen LogP contribution in [0.15, 0.2) is 12.4 Å². The van der Waals surface area contributed by atoms with Gasteiger partial charge in [0.2, 0.25) is 0 Å². The fourth-order valence-electron chi connectivity index (χ4n) is 0.432. The average molecular weight is 120 g/mol. The van der Waals surface area contributed by atoms with Crippen LogP contribution in [0.25, 0.3) is 0 Å². The molecule has 0 unspecified atom stereocenters. The van der Waals surface area contributed by atoms with Crippen LogP contribution in [0.5, 0.6) is 6.01 Å². The summed E-state index contributed by atoms with van der Waals surface area (Å²) in [5, 5.41) is 0. The molecule has 0 fully saturated rings. The van der Waals surface area contributed by atoms with Gasteiger partial charge in [-0.15, -0.1) is 0 Å². The van der Waals surface area contributed by atoms with Gasteiger partial charge in [0, 0.05) is 12.4 Å². The molecule has 44 valence electrons. The molecule has 0 aromatic carbocycles. The molecule has 0 aliphatic carbocycles. The number of nitrogens with zero attached hydrogens (tertiary/aromatic N) is 2. The minimum absolute atomic E-state index is 0.337. The number of hydrogen-bond acceptors (Lipinski definition) is 3. The van der Waals surface area contributed by atoms with E-state index in [4.69, 9.17) is 12.6 Å². The summed E-state index contributed by atoms with van der Waals surface area (Å²) in [6, 6.07) is 0.337. The first kappa shape index (κ1) is 6.07. The van der Waals surface area contributed by atoms with E-state index in [1.54, 1.807) is 0 Å². The fraction of sp³-hybridized carbons (Fsp3) is 0.200. The summed E-state index contributed by atoms with van der Waals surface area (Å²) in [5.74, 6) is 0. The van der Waals surface area contributed by atoms with Crippen molar-refractivity contribution in [1.82, 2.24) is 9.97 Å². The van der Waals surface area contributed by atoms with Gasteiger partial charge in [-0.2, -0.15) is 0 Å². The van der Waals surface area contributed by atoms with Crippen LogP contribution in [-0.2, 0) is 0 Å². The van der Waals surface area contributed by atoms with Crippen LogP contribution >= 0.6 is 0 Å². The van der Waals surface area contributed by atoms with E-state index >= 15 is 0 Å². The standard InChI is InChI=1S/C5H5BN2O/c1-9-5-7-2-4(6)3-8-5/h2-3H,1H3. The largest absolute Gasteiger partial charge is 0.467 e. The Labute approximate surface area is 54.5 Å². The number of methoxy groups -OCH3 is 1. The molecule has 1 rings (SSSR count). The van der Waals surface area contributed by atoms with Crippen LogP contribution in [-0.4, -0.2) is 24.9 Å². The molecule has 1 aromatic rings. The third-order valence-corrected chi connectivity index (χ3v) is 0.831. The summed E-state index contributed by atoms with van der Waals surface area (Å²) in [7, 11) is 6.81. The molecule has 0 bridgehead atoms. The highest BCUT2D eigenvalue weighted by Gasteiger charge is 1.88. The van der Waals surface area contributed by atoms with Crippen molar-refractivity contribution < 1.29 is 4.74 Å². The molecule has 0 N–H and O–H groups in total. The van der Waals surface area contributed by atoms with E-state index in [2.05, 4.69) is 9.97 Å². The van der Waals surface area contributed by atoms with Gasteiger partial charge in [0.15, 0.2) is 0 Å². The molecule has 0 saturated carbocycles. The van der Waals surface area contributed by atoms with Gasteiger partial charge in [-0.05, 0) is 0 Å². The molecule has 0 aliphatic heterocycles. The van der Waals surface area contributed by atoms with Crippen molar-refractivity contribution in [3.63, 3.8) is 0 Å². The maximum absolute atomic E-state index is 5.30. The molecule has 0 aliphatic rings. The Morgan fingerprint density at radius 2 is 2.00 bits per heavy atom. The minimum Gasteiger partial charge on any atom is -0.467 e. The highest BCUT2D eigenvalue weighted by Crippen LogP contribution is 1.91. The lowest BCUT2D eigenvalue weighted by Crippen LogP contribution is -2.04. The lowest BCUT2D eigenvalue weighted by atomic mass is 10.0. The van der Waals surface area contributed by atoms with Crippen molar-refractivity contribution in [2.75, 3.05) is 7.11 Å². The topological polar surface area (TPSA) is 35.0 Å². The Hall–Kier alpha value is -1.06. The third-order valence-electron chi connectivity index (χ3n) is 0.831. The van der Waals surface area contributed by atoms with Crippen LogP contribution in [0.1, 0.15) is 0 Å². The van der Waals surface area contributed by atoms with Crippen LogP contribution in [0.3, 0.4) is 0 Å². The van der Waals surface area contributed by atoms with Crippen molar-refractivity contribution in [3.8, 4) is 6.01 Å². The number of hydrogen-bond donors (Lipinski definition) is 0. The second-order valence-corrected chi connectivity index (χ2v) is 1.50. The second kappa shape index (κ2) is 2.48. The highest BCUT2D eigenvalue weighted by molar-refractivity contribution is 6.31. The summed E-state index contributed by atoms with van der Waals surface area (Å²) >= 11 is 0. The Bertz CT molecular complexity index is 187. The summed E-state index contributed by atoms with van der Waals surface area (Å²) in [6.07, 6.45) is 2.98. The van der Waals surface area contributed by atoms with Gasteiger partial charge in [0.05, 0.1) is 7.11 Å². The van der Waals surface area contributed by atoms with Crippen molar-refractivity contribution in [1.29, 1.82) is 0 Å². The van der Waals surface area contributed by atoms with E-state index in [-0.39, 0.29) is 0 Å². The summed E-state index contributed by atoms with van der Waals surface area (Å²) in [6.45, 7) is 0. The van der Waals surface area contributed by atoms with Crippen LogP contribution in [0, 0.1) is 0 Å². The molecule has 2 radical (unpaired) electrons. The zero-order valence-corrected chi connectivity index (χ0v) is 5.03. The van der Waals surface area contributed by atoms with E-state index in [0.29, 0.717) is 11.5 Å². The highest BCUT2D eigenvalue weighted by atomic mass is 16.5. The summed E-state index contributed by atoms with van der Waals surface area (Å²) < 4.78 is 4.69. The Balaban J connectivity index is 2.88. The second-order valence-electron chi connectivity index (χ2n) is 1.50. The van der Waals surface area contributed by atoms with Gasteiger partial charge in [-0.3, -0.25) is 0 Å². The van der Waals surface area contributed by atoms with E-state index < -0.39 is 0 Å². The molecule has 9 heavy (non-hydrogen) atoms. The van der Waals surface area contributed by atoms with Crippen LogP contribution in [0.2, 0.25) is 0 Å². The van der Waals surface area contributed by atoms with Gasteiger partial charge >= 0.3 is 6.01 Å². The van der Waals surface area contributed by atoms with Gasteiger partial charge in [-0.1, -0.05) is 5.46 Å². The minimum atomic E-state index is 0.337. The van der Waals surface area contributed by atoms with Crippen molar-refractivity contribution in [3.05, 3.63) is 12.4 Å². The molecule has 4 heteroatoms. The third kappa shape index (κ3) is 1.42. The smallest absolute Gasteiger partial charge is 0.315 e. The number of ether oxygens (including phenoxy) is 1. The normalized spacial score (nSPS) is 9.00. The quantitative estimate of drug-likeness (QED) is 0.458. The lowest BCUT2D eigenvalue weighted by molar-refractivity contribution is 0.380. The zero-order chi connectivity index (χ0) is 6.69. The first-order valence-corrected chi connectivity index (χ1v) is 2.44. The van der Waals surface area contributed by atoms with Crippen molar-refractivity contribution in [2.45, 2.75) is 0 Å². The monoisotopic (exact) mass is 120 g/mol. The first-order valence-electron chi connectivity index (χ1n) is 2.44. The van der Waals surface area contributed by atoms with Crippen molar-refractivity contribution >= 4 is 13.3 Å². The summed E-state index contributed by atoms with van der Waals surface area (Å²) in [4.78, 5) is 7.48. The predicted molar refractivity (Wildman–Crippen MR) is 34.0 cm³/mol. The van der Waals surface area contributed by atoms with E-state index in [1.165, 1.54) is 19.5 Å². The molecule has 1 heterocycles. The molecule has 1 aromatic heterocycles. The van der Waals surface area contributed by atoms with Crippen LogP contribution < -0.4 is 10.2 Å². The maximum Gasteiger partial charge on any atom is 0.315 e. The summed E-state index contributed by atoms with van der Waals surface area (Å²) in [5.41, 5.74) is 0.538. The predicted octanol–water partition coefficient (Wildman–Crippen LogP) is -0.721. The Morgan fingerprint density at radius 1 is 1.44 bits per heavy atom. The van der Waals surface area contributed by atoms with Gasteiger partial charge in [-0.25, -0.2) is 9.97 Å². The van der Waals surface area contributed by atoms with E-state index in [1.807, 2.05) is 0 Å².